The minimum absolute atomic E-state index is 0.287. The Bertz CT molecular complexity index is 1360. The number of aromatic nitrogens is 3. The molecular formula is C22H15ClN4O2S. The van der Waals surface area contributed by atoms with Gasteiger partial charge < -0.3 is 9.73 Å². The average molecular weight is 435 g/mol. The Morgan fingerprint density at radius 3 is 2.77 bits per heavy atom. The smallest absolute Gasteiger partial charge is 0.292 e. The molecule has 0 saturated heterocycles. The number of nitrogens with zero attached hydrogens (tertiary/aromatic N) is 3. The summed E-state index contributed by atoms with van der Waals surface area (Å²) in [7, 11) is 0. The molecule has 6 nitrogen and oxygen atoms in total. The van der Waals surface area contributed by atoms with Gasteiger partial charge in [-0.25, -0.2) is 4.98 Å². The quantitative estimate of drug-likeness (QED) is 0.360. The number of benzene rings is 2. The van der Waals surface area contributed by atoms with Gasteiger partial charge >= 0.3 is 0 Å². The molecule has 148 valence electrons. The number of rotatable bonds is 5. The Kier molecular flexibility index (Phi) is 4.90. The molecule has 0 aliphatic rings. The molecule has 0 aliphatic carbocycles. The number of para-hydroxylation sites is 1. The summed E-state index contributed by atoms with van der Waals surface area (Å²) in [5, 5.41) is 8.71. The zero-order chi connectivity index (χ0) is 20.5. The number of amides is 1. The maximum absolute atomic E-state index is 13.1. The average Bonchev–Trinajstić information content (AvgIpc) is 3.39. The number of hydrogen-bond acceptors (Lipinski definition) is 5. The summed E-state index contributed by atoms with van der Waals surface area (Å²) in [4.78, 5) is 18.4. The molecule has 3 aromatic heterocycles. The van der Waals surface area contributed by atoms with Crippen LogP contribution in [0.5, 0.6) is 0 Å². The Labute approximate surface area is 180 Å². The molecule has 0 saturated carbocycles. The molecule has 0 atom stereocenters. The van der Waals surface area contributed by atoms with Gasteiger partial charge in [-0.3, -0.25) is 4.79 Å². The van der Waals surface area contributed by atoms with Crippen LogP contribution < -0.4 is 5.32 Å². The van der Waals surface area contributed by atoms with Crippen molar-refractivity contribution in [3.63, 3.8) is 0 Å². The Hall–Kier alpha value is -3.29. The molecule has 1 amide bonds. The number of carbonyl (C=O) groups is 1. The number of hydrogen-bond donors (Lipinski definition) is 1. The van der Waals surface area contributed by atoms with Gasteiger partial charge in [0, 0.05) is 38.9 Å². The highest BCUT2D eigenvalue weighted by Gasteiger charge is 2.21. The van der Waals surface area contributed by atoms with E-state index in [1.807, 2.05) is 48.5 Å². The molecule has 5 aromatic rings. The van der Waals surface area contributed by atoms with Crippen molar-refractivity contribution in [3.8, 4) is 0 Å². The predicted octanol–water partition coefficient (Wildman–Crippen LogP) is 5.67. The Morgan fingerprint density at radius 2 is 1.90 bits per heavy atom. The first-order valence-electron chi connectivity index (χ1n) is 9.18. The van der Waals surface area contributed by atoms with E-state index in [0.717, 1.165) is 15.8 Å². The van der Waals surface area contributed by atoms with E-state index in [9.17, 15) is 4.79 Å². The molecule has 2 aromatic carbocycles. The second kappa shape index (κ2) is 7.85. The van der Waals surface area contributed by atoms with Crippen molar-refractivity contribution >= 4 is 51.7 Å². The lowest BCUT2D eigenvalue weighted by molar-refractivity contribution is 0.0997. The molecule has 30 heavy (non-hydrogen) atoms. The van der Waals surface area contributed by atoms with E-state index >= 15 is 0 Å². The fourth-order valence-corrected chi connectivity index (χ4v) is 4.27. The third-order valence-corrected chi connectivity index (χ3v) is 5.92. The van der Waals surface area contributed by atoms with Crippen LogP contribution in [0.1, 0.15) is 16.1 Å². The van der Waals surface area contributed by atoms with Crippen molar-refractivity contribution in [2.45, 2.75) is 10.6 Å². The van der Waals surface area contributed by atoms with Crippen LogP contribution in [0.15, 0.2) is 82.4 Å². The Balaban J connectivity index is 1.48. The number of fused-ring (bicyclic) bond motifs is 2. The number of furan rings is 1. The first-order valence-corrected chi connectivity index (χ1v) is 10.5. The molecule has 0 fully saturated rings. The van der Waals surface area contributed by atoms with Gasteiger partial charge in [-0.2, -0.15) is 9.61 Å². The molecule has 0 unspecified atom stereocenters. The van der Waals surface area contributed by atoms with Gasteiger partial charge in [0.25, 0.3) is 5.91 Å². The van der Waals surface area contributed by atoms with Gasteiger partial charge in [-0.15, -0.1) is 11.8 Å². The summed E-state index contributed by atoms with van der Waals surface area (Å²) >= 11 is 7.60. The van der Waals surface area contributed by atoms with Crippen molar-refractivity contribution in [2.24, 2.45) is 0 Å². The Morgan fingerprint density at radius 1 is 1.07 bits per heavy atom. The summed E-state index contributed by atoms with van der Waals surface area (Å²) in [6.45, 7) is 0. The van der Waals surface area contributed by atoms with Crippen LogP contribution >= 0.6 is 23.4 Å². The zero-order valence-electron chi connectivity index (χ0n) is 15.6. The van der Waals surface area contributed by atoms with Crippen molar-refractivity contribution < 1.29 is 9.21 Å². The second-order valence-corrected chi connectivity index (χ2v) is 8.02. The van der Waals surface area contributed by atoms with E-state index in [1.54, 1.807) is 40.8 Å². The lowest BCUT2D eigenvalue weighted by Crippen LogP contribution is -2.15. The molecule has 5 rings (SSSR count). The highest BCUT2D eigenvalue weighted by molar-refractivity contribution is 7.98. The van der Waals surface area contributed by atoms with E-state index in [1.165, 1.54) is 0 Å². The highest BCUT2D eigenvalue weighted by atomic mass is 35.5. The summed E-state index contributed by atoms with van der Waals surface area (Å²) in [5.41, 5.74) is 2.16. The van der Waals surface area contributed by atoms with E-state index in [-0.39, 0.29) is 11.7 Å². The molecule has 0 aliphatic heterocycles. The van der Waals surface area contributed by atoms with Crippen LogP contribution in [0.2, 0.25) is 5.02 Å². The van der Waals surface area contributed by atoms with Gasteiger partial charge in [-0.1, -0.05) is 29.8 Å². The number of halogens is 1. The van der Waals surface area contributed by atoms with Crippen LogP contribution in [-0.2, 0) is 5.75 Å². The molecule has 8 heteroatoms. The van der Waals surface area contributed by atoms with Crippen LogP contribution in [0.3, 0.4) is 0 Å². The van der Waals surface area contributed by atoms with Crippen LogP contribution in [0.4, 0.5) is 5.82 Å². The van der Waals surface area contributed by atoms with Gasteiger partial charge in [0.15, 0.2) is 11.4 Å². The highest BCUT2D eigenvalue weighted by Crippen LogP contribution is 2.33. The first-order chi connectivity index (χ1) is 14.7. The van der Waals surface area contributed by atoms with Crippen molar-refractivity contribution in [1.82, 2.24) is 14.6 Å². The van der Waals surface area contributed by atoms with Crippen LogP contribution in [0.25, 0.3) is 16.6 Å². The lowest BCUT2D eigenvalue weighted by atomic mass is 10.1. The SMILES string of the molecule is O=C(Nc1ccnc2ccnn12)c1oc2ccccc2c1CSc1ccc(Cl)cc1. The first kappa shape index (κ1) is 18.7. The van der Waals surface area contributed by atoms with E-state index < -0.39 is 0 Å². The summed E-state index contributed by atoms with van der Waals surface area (Å²) in [6.07, 6.45) is 3.26. The standard InChI is InChI=1S/C22H15ClN4O2S/c23-14-5-7-15(8-6-14)30-13-17-16-3-1-2-4-18(16)29-21(17)22(28)26-20-9-11-24-19-10-12-25-27(19)20/h1-12H,13H2,(H,26,28). The van der Waals surface area contributed by atoms with Crippen molar-refractivity contribution in [1.29, 1.82) is 0 Å². The lowest BCUT2D eigenvalue weighted by Gasteiger charge is -2.07. The van der Waals surface area contributed by atoms with E-state index in [2.05, 4.69) is 15.4 Å². The normalized spacial score (nSPS) is 11.2. The molecular weight excluding hydrogens is 420 g/mol. The molecule has 0 spiro atoms. The largest absolute Gasteiger partial charge is 0.451 e. The third kappa shape index (κ3) is 3.53. The minimum Gasteiger partial charge on any atom is -0.451 e. The fraction of sp³-hybridized carbons (Fsp3) is 0.0455. The number of thioether (sulfide) groups is 1. The fourth-order valence-electron chi connectivity index (χ4n) is 3.21. The van der Waals surface area contributed by atoms with Gasteiger partial charge in [0.1, 0.15) is 11.4 Å². The summed E-state index contributed by atoms with van der Waals surface area (Å²) in [6, 6.07) is 18.7. The molecule has 1 N–H and O–H groups in total. The minimum atomic E-state index is -0.332. The number of anilines is 1. The van der Waals surface area contributed by atoms with Crippen molar-refractivity contribution in [3.05, 3.63) is 89.4 Å². The zero-order valence-corrected chi connectivity index (χ0v) is 17.2. The monoisotopic (exact) mass is 434 g/mol. The van der Waals surface area contributed by atoms with Crippen LogP contribution in [-0.4, -0.2) is 20.5 Å². The van der Waals surface area contributed by atoms with Crippen molar-refractivity contribution in [2.75, 3.05) is 5.32 Å². The van der Waals surface area contributed by atoms with Gasteiger partial charge in [-0.05, 0) is 36.4 Å². The van der Waals surface area contributed by atoms with Crippen LogP contribution in [0, 0.1) is 0 Å². The second-order valence-electron chi connectivity index (χ2n) is 6.53. The van der Waals surface area contributed by atoms with Gasteiger partial charge in [0.05, 0.1) is 6.20 Å². The van der Waals surface area contributed by atoms with Gasteiger partial charge in [0.2, 0.25) is 0 Å². The summed E-state index contributed by atoms with van der Waals surface area (Å²) in [5.74, 6) is 1.05. The predicted molar refractivity (Wildman–Crippen MR) is 118 cm³/mol. The maximum atomic E-state index is 13.1. The summed E-state index contributed by atoms with van der Waals surface area (Å²) < 4.78 is 7.51. The molecule has 0 bridgehead atoms. The number of nitrogens with one attached hydrogen (secondary N) is 1. The topological polar surface area (TPSA) is 72.4 Å². The third-order valence-electron chi connectivity index (χ3n) is 4.63. The maximum Gasteiger partial charge on any atom is 0.292 e. The molecule has 0 radical (unpaired) electrons. The molecule has 3 heterocycles. The van der Waals surface area contributed by atoms with E-state index in [4.69, 9.17) is 16.0 Å². The van der Waals surface area contributed by atoms with E-state index in [0.29, 0.717) is 27.8 Å². The number of carbonyl (C=O) groups excluding carboxylic acids is 1.